The van der Waals surface area contributed by atoms with Crippen molar-refractivity contribution in [3.63, 3.8) is 0 Å². The van der Waals surface area contributed by atoms with Crippen molar-refractivity contribution in [2.45, 2.75) is 6.18 Å². The summed E-state index contributed by atoms with van der Waals surface area (Å²) < 4.78 is 48.8. The van der Waals surface area contributed by atoms with Crippen molar-refractivity contribution in [1.82, 2.24) is 15.2 Å². The SMILES string of the molecule is N#Cc1nc(-c2ccco2)oc1N1CCN(c2ccc(C(F)(F)F)nn2)CC1. The van der Waals surface area contributed by atoms with Gasteiger partial charge in [-0.25, -0.2) is 0 Å². The van der Waals surface area contributed by atoms with Gasteiger partial charge in [0.15, 0.2) is 17.3 Å². The fourth-order valence-corrected chi connectivity index (χ4v) is 2.89. The van der Waals surface area contributed by atoms with Crippen LogP contribution in [0.25, 0.3) is 11.7 Å². The van der Waals surface area contributed by atoms with Gasteiger partial charge in [0.25, 0.3) is 5.89 Å². The molecule has 3 aromatic rings. The molecule has 0 spiro atoms. The van der Waals surface area contributed by atoms with E-state index in [1.165, 1.54) is 12.3 Å². The van der Waals surface area contributed by atoms with E-state index < -0.39 is 11.9 Å². The maximum Gasteiger partial charge on any atom is 0.435 e. The van der Waals surface area contributed by atoms with E-state index in [9.17, 15) is 18.4 Å². The fourth-order valence-electron chi connectivity index (χ4n) is 2.89. The van der Waals surface area contributed by atoms with Crippen LogP contribution in [0.4, 0.5) is 24.9 Å². The second kappa shape index (κ2) is 6.88. The lowest BCUT2D eigenvalue weighted by Crippen LogP contribution is -2.47. The molecule has 3 aromatic heterocycles. The number of furan rings is 1. The summed E-state index contributed by atoms with van der Waals surface area (Å²) in [5.74, 6) is 1.34. The highest BCUT2D eigenvalue weighted by molar-refractivity contribution is 5.56. The van der Waals surface area contributed by atoms with Gasteiger partial charge < -0.3 is 18.6 Å². The molecule has 1 aliphatic rings. The van der Waals surface area contributed by atoms with Crippen LogP contribution >= 0.6 is 0 Å². The molecule has 0 aliphatic carbocycles. The zero-order chi connectivity index (χ0) is 19.7. The molecule has 0 radical (unpaired) electrons. The Morgan fingerprint density at radius 1 is 1.04 bits per heavy atom. The van der Waals surface area contributed by atoms with Crippen molar-refractivity contribution in [2.75, 3.05) is 36.0 Å². The van der Waals surface area contributed by atoms with Gasteiger partial charge in [0.05, 0.1) is 6.26 Å². The monoisotopic (exact) mass is 390 g/mol. The predicted octanol–water partition coefficient (Wildman–Crippen LogP) is 2.94. The number of nitriles is 1. The molecule has 144 valence electrons. The van der Waals surface area contributed by atoms with E-state index in [0.29, 0.717) is 43.6 Å². The molecule has 4 rings (SSSR count). The smallest absolute Gasteiger partial charge is 0.435 e. The Morgan fingerprint density at radius 3 is 2.36 bits per heavy atom. The quantitative estimate of drug-likeness (QED) is 0.674. The largest absolute Gasteiger partial charge is 0.459 e. The van der Waals surface area contributed by atoms with Gasteiger partial charge in [0.2, 0.25) is 11.6 Å². The number of oxazole rings is 1. The van der Waals surface area contributed by atoms with Crippen molar-refractivity contribution in [3.8, 4) is 17.7 Å². The average Bonchev–Trinajstić information content (AvgIpc) is 3.37. The average molecular weight is 390 g/mol. The van der Waals surface area contributed by atoms with E-state index in [1.54, 1.807) is 12.1 Å². The van der Waals surface area contributed by atoms with Gasteiger partial charge in [-0.15, -0.1) is 10.2 Å². The molecule has 11 heteroatoms. The van der Waals surface area contributed by atoms with E-state index in [4.69, 9.17) is 8.83 Å². The number of nitrogens with zero attached hydrogens (tertiary/aromatic N) is 6. The lowest BCUT2D eigenvalue weighted by atomic mass is 10.3. The molecule has 1 aliphatic heterocycles. The number of hydrogen-bond donors (Lipinski definition) is 0. The van der Waals surface area contributed by atoms with Gasteiger partial charge >= 0.3 is 6.18 Å². The number of alkyl halides is 3. The summed E-state index contributed by atoms with van der Waals surface area (Å²) in [5.41, 5.74) is -0.880. The maximum absolute atomic E-state index is 12.6. The highest BCUT2D eigenvalue weighted by atomic mass is 19.4. The molecule has 8 nitrogen and oxygen atoms in total. The summed E-state index contributed by atoms with van der Waals surface area (Å²) in [4.78, 5) is 7.82. The third kappa shape index (κ3) is 3.36. The molecule has 1 saturated heterocycles. The molecule has 0 unspecified atom stereocenters. The molecule has 4 heterocycles. The number of hydrogen-bond acceptors (Lipinski definition) is 8. The van der Waals surface area contributed by atoms with Gasteiger partial charge in [-0.3, -0.25) is 0 Å². The second-order valence-corrected chi connectivity index (χ2v) is 6.01. The molecular weight excluding hydrogens is 377 g/mol. The first-order chi connectivity index (χ1) is 13.5. The molecule has 1 fully saturated rings. The lowest BCUT2D eigenvalue weighted by Gasteiger charge is -2.34. The first-order valence-electron chi connectivity index (χ1n) is 8.31. The summed E-state index contributed by atoms with van der Waals surface area (Å²) in [7, 11) is 0. The molecule has 0 N–H and O–H groups in total. The number of piperazine rings is 1. The topological polar surface area (TPSA) is 95.2 Å². The predicted molar refractivity (Wildman–Crippen MR) is 90.4 cm³/mol. The Kier molecular flexibility index (Phi) is 4.38. The first kappa shape index (κ1) is 17.8. The van der Waals surface area contributed by atoms with Gasteiger partial charge in [0, 0.05) is 26.2 Å². The van der Waals surface area contributed by atoms with Crippen molar-refractivity contribution in [3.05, 3.63) is 41.9 Å². The molecular formula is C17H13F3N6O2. The third-order valence-corrected chi connectivity index (χ3v) is 4.28. The van der Waals surface area contributed by atoms with Gasteiger partial charge in [0.1, 0.15) is 6.07 Å². The minimum Gasteiger partial charge on any atom is -0.459 e. The van der Waals surface area contributed by atoms with Crippen molar-refractivity contribution in [1.29, 1.82) is 5.26 Å². The number of anilines is 2. The number of aromatic nitrogens is 3. The van der Waals surface area contributed by atoms with Crippen LogP contribution in [-0.2, 0) is 6.18 Å². The summed E-state index contributed by atoms with van der Waals surface area (Å²) in [6, 6.07) is 7.59. The van der Waals surface area contributed by atoms with Crippen LogP contribution < -0.4 is 9.80 Å². The van der Waals surface area contributed by atoms with E-state index in [0.717, 1.165) is 6.07 Å². The minimum absolute atomic E-state index is 0.147. The number of halogens is 3. The Balaban J connectivity index is 1.47. The van der Waals surface area contributed by atoms with E-state index >= 15 is 0 Å². The van der Waals surface area contributed by atoms with Crippen molar-refractivity contribution < 1.29 is 22.0 Å². The molecule has 0 aromatic carbocycles. The standard InChI is InChI=1S/C17H13F3N6O2/c18-17(19,20)13-3-4-14(24-23-13)25-5-7-26(8-6-25)16-11(10-21)22-15(28-16)12-2-1-9-27-12/h1-4,9H,5-8H2. The zero-order valence-electron chi connectivity index (χ0n) is 14.3. The van der Waals surface area contributed by atoms with Crippen molar-refractivity contribution >= 4 is 11.7 Å². The maximum atomic E-state index is 12.6. The van der Waals surface area contributed by atoms with Gasteiger partial charge in [-0.1, -0.05) is 0 Å². The Bertz CT molecular complexity index is 984. The fraction of sp³-hybridized carbons (Fsp3) is 0.294. The molecule has 0 amide bonds. The van der Waals surface area contributed by atoms with Gasteiger partial charge in [-0.2, -0.15) is 23.4 Å². The summed E-state index contributed by atoms with van der Waals surface area (Å²) in [6.45, 7) is 1.90. The molecule has 28 heavy (non-hydrogen) atoms. The highest BCUT2D eigenvalue weighted by Gasteiger charge is 2.33. The Labute approximate surface area is 156 Å². The molecule has 0 saturated carbocycles. The van der Waals surface area contributed by atoms with Crippen LogP contribution in [0.5, 0.6) is 0 Å². The van der Waals surface area contributed by atoms with Crippen LogP contribution in [0.2, 0.25) is 0 Å². The van der Waals surface area contributed by atoms with Crippen LogP contribution in [0.15, 0.2) is 39.4 Å². The van der Waals surface area contributed by atoms with Crippen LogP contribution in [0.3, 0.4) is 0 Å². The summed E-state index contributed by atoms with van der Waals surface area (Å²) >= 11 is 0. The lowest BCUT2D eigenvalue weighted by molar-refractivity contribution is -0.141. The minimum atomic E-state index is -4.52. The molecule has 0 atom stereocenters. The Morgan fingerprint density at radius 2 is 1.79 bits per heavy atom. The zero-order valence-corrected chi connectivity index (χ0v) is 14.3. The van der Waals surface area contributed by atoms with Gasteiger partial charge in [-0.05, 0) is 24.3 Å². The second-order valence-electron chi connectivity index (χ2n) is 6.01. The molecule has 0 bridgehead atoms. The van der Waals surface area contributed by atoms with E-state index in [-0.39, 0.29) is 11.6 Å². The summed E-state index contributed by atoms with van der Waals surface area (Å²) in [5, 5.41) is 16.3. The van der Waals surface area contributed by atoms with E-state index in [2.05, 4.69) is 15.2 Å². The summed E-state index contributed by atoms with van der Waals surface area (Å²) in [6.07, 6.45) is -3.04. The van der Waals surface area contributed by atoms with Crippen LogP contribution in [-0.4, -0.2) is 41.4 Å². The highest BCUT2D eigenvalue weighted by Crippen LogP contribution is 2.30. The number of rotatable bonds is 3. The Hall–Kier alpha value is -3.55. The van der Waals surface area contributed by atoms with E-state index in [1.807, 2.05) is 15.9 Å². The first-order valence-corrected chi connectivity index (χ1v) is 8.31. The van der Waals surface area contributed by atoms with Crippen LogP contribution in [0.1, 0.15) is 11.4 Å². The normalized spacial score (nSPS) is 14.9. The van der Waals surface area contributed by atoms with Crippen LogP contribution in [0, 0.1) is 11.3 Å². The third-order valence-electron chi connectivity index (χ3n) is 4.28. The van der Waals surface area contributed by atoms with Crippen molar-refractivity contribution in [2.24, 2.45) is 0 Å².